The van der Waals surface area contributed by atoms with Gasteiger partial charge < -0.3 is 15.0 Å². The molecule has 3 aromatic carbocycles. The summed E-state index contributed by atoms with van der Waals surface area (Å²) in [5, 5.41) is 4.45. The fourth-order valence-electron chi connectivity index (χ4n) is 4.37. The van der Waals surface area contributed by atoms with Crippen LogP contribution >= 0.6 is 23.2 Å². The highest BCUT2D eigenvalue weighted by molar-refractivity contribution is 6.30. The van der Waals surface area contributed by atoms with Gasteiger partial charge in [0.25, 0.3) is 0 Å². The van der Waals surface area contributed by atoms with E-state index < -0.39 is 0 Å². The second-order valence-electron chi connectivity index (χ2n) is 8.50. The van der Waals surface area contributed by atoms with E-state index in [1.54, 1.807) is 13.2 Å². The first kappa shape index (κ1) is 24.1. The van der Waals surface area contributed by atoms with E-state index in [2.05, 4.69) is 5.32 Å². The quantitative estimate of drug-likeness (QED) is 0.452. The number of anilines is 1. The fourth-order valence-corrected chi connectivity index (χ4v) is 4.62. The molecule has 4 rings (SSSR count). The van der Waals surface area contributed by atoms with E-state index in [-0.39, 0.29) is 36.7 Å². The number of halogens is 2. The lowest BCUT2D eigenvalue weighted by Gasteiger charge is -2.27. The summed E-state index contributed by atoms with van der Waals surface area (Å²) < 4.78 is 5.25. The molecule has 0 saturated heterocycles. The van der Waals surface area contributed by atoms with Crippen LogP contribution in [0.25, 0.3) is 0 Å². The molecule has 1 aliphatic rings. The predicted octanol–water partition coefficient (Wildman–Crippen LogP) is 5.42. The highest BCUT2D eigenvalue weighted by Crippen LogP contribution is 2.32. The summed E-state index contributed by atoms with van der Waals surface area (Å²) in [5.41, 5.74) is 3.81. The number of benzene rings is 3. The van der Waals surface area contributed by atoms with Crippen LogP contribution in [0.2, 0.25) is 10.0 Å². The maximum Gasteiger partial charge on any atom is 0.240 e. The zero-order valence-electron chi connectivity index (χ0n) is 19.1. The molecule has 0 spiro atoms. The molecular formula is C27H26Cl2N2O3. The van der Waals surface area contributed by atoms with Crippen LogP contribution in [0.5, 0.6) is 5.75 Å². The predicted molar refractivity (Wildman–Crippen MR) is 136 cm³/mol. The molecule has 2 amide bonds. The number of hydrogen-bond donors (Lipinski definition) is 1. The minimum Gasteiger partial charge on any atom is -0.497 e. The van der Waals surface area contributed by atoms with Crippen LogP contribution in [-0.4, -0.2) is 31.5 Å². The summed E-state index contributed by atoms with van der Waals surface area (Å²) in [4.78, 5) is 27.1. The zero-order valence-corrected chi connectivity index (χ0v) is 20.6. The molecule has 176 valence electrons. The second kappa shape index (κ2) is 10.5. The number of nitrogens with one attached hydrogen (secondary N) is 1. The first-order valence-corrected chi connectivity index (χ1v) is 11.9. The zero-order chi connectivity index (χ0) is 24.2. The van der Waals surface area contributed by atoms with Gasteiger partial charge in [0.1, 0.15) is 12.3 Å². The summed E-state index contributed by atoms with van der Waals surface area (Å²) in [7, 11) is 1.59. The Labute approximate surface area is 209 Å². The summed E-state index contributed by atoms with van der Waals surface area (Å²) in [6, 6.07) is 20.7. The molecule has 0 radical (unpaired) electrons. The average molecular weight is 497 g/mol. The van der Waals surface area contributed by atoms with Gasteiger partial charge in [0.15, 0.2) is 0 Å². The highest BCUT2D eigenvalue weighted by atomic mass is 35.5. The van der Waals surface area contributed by atoms with Crippen molar-refractivity contribution >= 4 is 40.7 Å². The van der Waals surface area contributed by atoms with Gasteiger partial charge in [-0.3, -0.25) is 9.59 Å². The van der Waals surface area contributed by atoms with Crippen molar-refractivity contribution in [2.45, 2.75) is 31.7 Å². The maximum atomic E-state index is 13.0. The molecule has 1 heterocycles. The molecular weight excluding hydrogens is 471 g/mol. The summed E-state index contributed by atoms with van der Waals surface area (Å²) in [5.74, 6) is 0.397. The van der Waals surface area contributed by atoms with E-state index in [0.717, 1.165) is 22.4 Å². The van der Waals surface area contributed by atoms with Gasteiger partial charge in [0.05, 0.1) is 13.5 Å². The molecule has 1 N–H and O–H groups in total. The van der Waals surface area contributed by atoms with Crippen molar-refractivity contribution in [3.63, 3.8) is 0 Å². The van der Waals surface area contributed by atoms with Gasteiger partial charge in [0, 0.05) is 27.7 Å². The standard InChI is InChI=1S/C27H26Cl2N2O3/c1-17(24(19-5-9-22(29)10-6-19)13-18-3-7-21(28)8-4-18)30-26(32)16-31-25-12-11-23(34-2)14-20(25)15-27(31)33/h3-12,14,17,24H,13,15-16H2,1-2H3,(H,30,32). The Morgan fingerprint density at radius 2 is 1.68 bits per heavy atom. The number of amides is 2. The molecule has 34 heavy (non-hydrogen) atoms. The average Bonchev–Trinajstić information content (AvgIpc) is 3.13. The summed E-state index contributed by atoms with van der Waals surface area (Å²) in [6.07, 6.45) is 0.977. The lowest BCUT2D eigenvalue weighted by Crippen LogP contribution is -2.44. The maximum absolute atomic E-state index is 13.0. The summed E-state index contributed by atoms with van der Waals surface area (Å²) in [6.45, 7) is 1.95. The number of methoxy groups -OCH3 is 1. The molecule has 0 fully saturated rings. The first-order chi connectivity index (χ1) is 16.3. The largest absolute Gasteiger partial charge is 0.497 e. The van der Waals surface area contributed by atoms with Gasteiger partial charge in [-0.05, 0) is 72.5 Å². The molecule has 7 heteroatoms. The first-order valence-electron chi connectivity index (χ1n) is 11.1. The molecule has 5 nitrogen and oxygen atoms in total. The number of carbonyl (C=O) groups excluding carboxylic acids is 2. The minimum atomic E-state index is -0.209. The highest BCUT2D eigenvalue weighted by Gasteiger charge is 2.30. The Morgan fingerprint density at radius 3 is 2.32 bits per heavy atom. The Kier molecular flexibility index (Phi) is 7.44. The monoisotopic (exact) mass is 496 g/mol. The van der Waals surface area contributed by atoms with Crippen molar-refractivity contribution in [2.24, 2.45) is 0 Å². The van der Waals surface area contributed by atoms with Gasteiger partial charge in [-0.25, -0.2) is 0 Å². The Hall–Kier alpha value is -3.02. The van der Waals surface area contributed by atoms with Crippen molar-refractivity contribution in [2.75, 3.05) is 18.6 Å². The smallest absolute Gasteiger partial charge is 0.240 e. The van der Waals surface area contributed by atoms with Crippen molar-refractivity contribution in [3.8, 4) is 5.75 Å². The van der Waals surface area contributed by atoms with Crippen LogP contribution in [0.3, 0.4) is 0 Å². The van der Waals surface area contributed by atoms with Gasteiger partial charge >= 0.3 is 0 Å². The molecule has 0 aromatic heterocycles. The second-order valence-corrected chi connectivity index (χ2v) is 9.37. The molecule has 2 unspecified atom stereocenters. The SMILES string of the molecule is COc1ccc2c(c1)CC(=O)N2CC(=O)NC(C)C(Cc1ccc(Cl)cc1)c1ccc(Cl)cc1. The molecule has 2 atom stereocenters. The number of fused-ring (bicyclic) bond motifs is 1. The van der Waals surface area contributed by atoms with Crippen LogP contribution in [0.1, 0.15) is 29.5 Å². The van der Waals surface area contributed by atoms with E-state index in [0.29, 0.717) is 22.2 Å². The van der Waals surface area contributed by atoms with Gasteiger partial charge in [-0.2, -0.15) is 0 Å². The summed E-state index contributed by atoms with van der Waals surface area (Å²) >= 11 is 12.1. The van der Waals surface area contributed by atoms with Crippen molar-refractivity contribution in [1.82, 2.24) is 5.32 Å². The van der Waals surface area contributed by atoms with E-state index in [9.17, 15) is 9.59 Å². The van der Waals surface area contributed by atoms with Crippen LogP contribution in [-0.2, 0) is 22.4 Å². The number of carbonyl (C=O) groups is 2. The van der Waals surface area contributed by atoms with Crippen LogP contribution in [0.15, 0.2) is 66.7 Å². The van der Waals surface area contributed by atoms with Gasteiger partial charge in [-0.1, -0.05) is 47.5 Å². The van der Waals surface area contributed by atoms with E-state index in [1.807, 2.05) is 67.6 Å². The van der Waals surface area contributed by atoms with Crippen molar-refractivity contribution < 1.29 is 14.3 Å². The van der Waals surface area contributed by atoms with E-state index in [1.165, 1.54) is 4.90 Å². The van der Waals surface area contributed by atoms with E-state index >= 15 is 0 Å². The third-order valence-electron chi connectivity index (χ3n) is 6.18. The number of hydrogen-bond acceptors (Lipinski definition) is 3. The number of rotatable bonds is 8. The third kappa shape index (κ3) is 5.54. The van der Waals surface area contributed by atoms with Gasteiger partial charge in [0.2, 0.25) is 11.8 Å². The molecule has 3 aromatic rings. The molecule has 0 saturated carbocycles. The normalized spacial score (nSPS) is 14.5. The van der Waals surface area contributed by atoms with Gasteiger partial charge in [-0.15, -0.1) is 0 Å². The Balaban J connectivity index is 1.49. The number of nitrogens with zero attached hydrogens (tertiary/aromatic N) is 1. The molecule has 0 bridgehead atoms. The van der Waals surface area contributed by atoms with Crippen LogP contribution in [0.4, 0.5) is 5.69 Å². The van der Waals surface area contributed by atoms with Crippen molar-refractivity contribution in [3.05, 3.63) is 93.5 Å². The number of ether oxygens (including phenoxy) is 1. The van der Waals surface area contributed by atoms with Crippen LogP contribution < -0.4 is 15.0 Å². The third-order valence-corrected chi connectivity index (χ3v) is 6.69. The molecule has 0 aliphatic carbocycles. The topological polar surface area (TPSA) is 58.6 Å². The minimum absolute atomic E-state index is 0.00761. The Morgan fingerprint density at radius 1 is 1.03 bits per heavy atom. The molecule has 1 aliphatic heterocycles. The lowest BCUT2D eigenvalue weighted by molar-refractivity contribution is -0.123. The van der Waals surface area contributed by atoms with Crippen LogP contribution in [0, 0.1) is 0 Å². The van der Waals surface area contributed by atoms with E-state index in [4.69, 9.17) is 27.9 Å². The fraction of sp³-hybridized carbons (Fsp3) is 0.259. The Bertz CT molecular complexity index is 1180. The lowest BCUT2D eigenvalue weighted by atomic mass is 9.86. The van der Waals surface area contributed by atoms with Crippen molar-refractivity contribution in [1.29, 1.82) is 0 Å².